The van der Waals surface area contributed by atoms with Gasteiger partial charge in [0.2, 0.25) is 5.75 Å². The number of ether oxygens (including phenoxy) is 2. The Balaban J connectivity index is 1.17. The minimum absolute atomic E-state index is 0.0127. The summed E-state index contributed by atoms with van der Waals surface area (Å²) in [6.45, 7) is 4.00. The summed E-state index contributed by atoms with van der Waals surface area (Å²) in [4.78, 5) is 23.6. The molecule has 0 spiro atoms. The molecule has 10 nitrogen and oxygen atoms in total. The number of carbonyl (C=O) groups is 1. The molecule has 1 amide bonds. The SMILES string of the molecule is Cc1ccc(C)n1-c1ccc(OCc2ccc(C(=O)N/N=C/c3cc(Br)c(OCc4ccccc4F)c([N+](=O)[O-])c3)o2)cc1. The normalized spacial score (nSPS) is 11.1. The number of nitro benzene ring substituents is 1. The van der Waals surface area contributed by atoms with E-state index in [1.54, 1.807) is 12.1 Å². The molecule has 0 unspecified atom stereocenters. The Morgan fingerprint density at radius 2 is 1.75 bits per heavy atom. The van der Waals surface area contributed by atoms with Crippen molar-refractivity contribution in [2.75, 3.05) is 0 Å². The second kappa shape index (κ2) is 13.4. The lowest BCUT2D eigenvalue weighted by molar-refractivity contribution is -0.386. The summed E-state index contributed by atoms with van der Waals surface area (Å²) >= 11 is 3.27. The average molecular weight is 661 g/mol. The molecule has 0 saturated carbocycles. The van der Waals surface area contributed by atoms with Crippen molar-refractivity contribution in [3.63, 3.8) is 0 Å². The van der Waals surface area contributed by atoms with Crippen molar-refractivity contribution in [3.05, 3.63) is 139 Å². The summed E-state index contributed by atoms with van der Waals surface area (Å²) in [7, 11) is 0. The second-order valence-electron chi connectivity index (χ2n) is 9.69. The van der Waals surface area contributed by atoms with Gasteiger partial charge < -0.3 is 18.5 Å². The zero-order valence-electron chi connectivity index (χ0n) is 23.6. The molecule has 0 radical (unpaired) electrons. The quantitative estimate of drug-likeness (QED) is 0.0894. The van der Waals surface area contributed by atoms with Gasteiger partial charge in [-0.25, -0.2) is 9.82 Å². The smallest absolute Gasteiger partial charge is 0.312 e. The number of hydrogen-bond acceptors (Lipinski definition) is 7. The molecule has 0 aliphatic rings. The lowest BCUT2D eigenvalue weighted by atomic mass is 10.2. The lowest BCUT2D eigenvalue weighted by Crippen LogP contribution is -2.16. The maximum absolute atomic E-state index is 13.9. The zero-order valence-corrected chi connectivity index (χ0v) is 25.2. The minimum atomic E-state index is -0.623. The summed E-state index contributed by atoms with van der Waals surface area (Å²) in [5.74, 6) is -0.0677. The number of carbonyl (C=O) groups excluding carboxylic acids is 1. The Morgan fingerprint density at radius 3 is 2.45 bits per heavy atom. The molecule has 3 aromatic carbocycles. The van der Waals surface area contributed by atoms with Crippen LogP contribution >= 0.6 is 15.9 Å². The molecular formula is C32H26BrFN4O6. The molecule has 0 bridgehead atoms. The van der Waals surface area contributed by atoms with Crippen LogP contribution in [-0.2, 0) is 13.2 Å². The number of hydrazone groups is 1. The van der Waals surface area contributed by atoms with Crippen LogP contribution in [0.5, 0.6) is 11.5 Å². The van der Waals surface area contributed by atoms with E-state index in [0.29, 0.717) is 17.1 Å². The van der Waals surface area contributed by atoms with Crippen LogP contribution in [0.4, 0.5) is 10.1 Å². The molecule has 12 heteroatoms. The van der Waals surface area contributed by atoms with Crippen LogP contribution in [0, 0.1) is 29.8 Å². The van der Waals surface area contributed by atoms with Gasteiger partial charge in [-0.1, -0.05) is 18.2 Å². The van der Waals surface area contributed by atoms with Crippen molar-refractivity contribution in [3.8, 4) is 17.2 Å². The van der Waals surface area contributed by atoms with E-state index >= 15 is 0 Å². The number of nitrogens with one attached hydrogen (secondary N) is 1. The first kappa shape index (κ1) is 30.2. The van der Waals surface area contributed by atoms with E-state index in [0.717, 1.165) is 17.1 Å². The summed E-state index contributed by atoms with van der Waals surface area (Å²) in [6.07, 6.45) is 1.24. The standard InChI is InChI=1S/C32H26BrFN4O6/c1-20-7-8-21(2)37(20)24-9-11-25(12-10-24)42-19-26-13-14-30(44-26)32(39)36-35-17-22-15-27(33)31(29(16-22)38(40)41)43-18-23-5-3-4-6-28(23)34/h3-17H,18-19H2,1-2H3,(H,36,39)/b35-17+. The average Bonchev–Trinajstić information content (AvgIpc) is 3.62. The molecule has 0 aliphatic heterocycles. The van der Waals surface area contributed by atoms with Crippen molar-refractivity contribution in [2.45, 2.75) is 27.1 Å². The second-order valence-corrected chi connectivity index (χ2v) is 10.5. The third-order valence-corrected chi connectivity index (χ3v) is 7.17. The van der Waals surface area contributed by atoms with E-state index in [9.17, 15) is 19.3 Å². The van der Waals surface area contributed by atoms with Crippen LogP contribution in [0.15, 0.2) is 98.9 Å². The molecule has 0 aliphatic carbocycles. The number of aromatic nitrogens is 1. The molecule has 0 saturated heterocycles. The Kier molecular flexibility index (Phi) is 9.20. The van der Waals surface area contributed by atoms with Gasteiger partial charge >= 0.3 is 11.6 Å². The van der Waals surface area contributed by atoms with Gasteiger partial charge in [-0.15, -0.1) is 0 Å². The first-order chi connectivity index (χ1) is 21.2. The van der Waals surface area contributed by atoms with E-state index in [2.05, 4.69) is 43.2 Å². The van der Waals surface area contributed by atoms with Crippen molar-refractivity contribution in [2.24, 2.45) is 5.10 Å². The molecule has 5 aromatic rings. The van der Waals surface area contributed by atoms with Crippen molar-refractivity contribution >= 4 is 33.7 Å². The van der Waals surface area contributed by atoms with Gasteiger partial charge in [-0.3, -0.25) is 14.9 Å². The number of furan rings is 1. The Hall–Kier alpha value is -5.23. The zero-order chi connectivity index (χ0) is 31.2. The lowest BCUT2D eigenvalue weighted by Gasteiger charge is -2.10. The van der Waals surface area contributed by atoms with E-state index < -0.39 is 16.6 Å². The highest BCUT2D eigenvalue weighted by Gasteiger charge is 2.21. The van der Waals surface area contributed by atoms with E-state index in [-0.39, 0.29) is 40.4 Å². The number of amides is 1. The van der Waals surface area contributed by atoms with Crippen LogP contribution in [0.25, 0.3) is 5.69 Å². The number of benzene rings is 3. The number of hydrogen-bond donors (Lipinski definition) is 1. The molecule has 2 heterocycles. The highest BCUT2D eigenvalue weighted by molar-refractivity contribution is 9.10. The van der Waals surface area contributed by atoms with Crippen LogP contribution < -0.4 is 14.9 Å². The molecule has 44 heavy (non-hydrogen) atoms. The summed E-state index contributed by atoms with van der Waals surface area (Å²) in [5.41, 5.74) is 5.84. The van der Waals surface area contributed by atoms with E-state index in [1.165, 1.54) is 42.6 Å². The number of halogens is 2. The van der Waals surface area contributed by atoms with Crippen LogP contribution in [0.1, 0.15) is 38.8 Å². The number of nitro groups is 1. The van der Waals surface area contributed by atoms with E-state index in [4.69, 9.17) is 13.9 Å². The van der Waals surface area contributed by atoms with Gasteiger partial charge in [-0.05, 0) is 90.4 Å². The Bertz CT molecular complexity index is 1830. The first-order valence-electron chi connectivity index (χ1n) is 13.3. The van der Waals surface area contributed by atoms with Gasteiger partial charge in [0.15, 0.2) is 5.76 Å². The fraction of sp³-hybridized carbons (Fsp3) is 0.125. The third-order valence-electron chi connectivity index (χ3n) is 6.59. The molecule has 0 fully saturated rings. The number of rotatable bonds is 11. The van der Waals surface area contributed by atoms with Gasteiger partial charge in [0.1, 0.15) is 30.5 Å². The largest absolute Gasteiger partial charge is 0.486 e. The van der Waals surface area contributed by atoms with Crippen LogP contribution in [0.2, 0.25) is 0 Å². The Labute approximate surface area is 260 Å². The van der Waals surface area contributed by atoms with Gasteiger partial charge in [0, 0.05) is 34.3 Å². The monoisotopic (exact) mass is 660 g/mol. The summed E-state index contributed by atoms with van der Waals surface area (Å²) in [6, 6.07) is 23.6. The fourth-order valence-corrected chi connectivity index (χ4v) is 5.02. The topological polar surface area (TPSA) is 121 Å². The predicted octanol–water partition coefficient (Wildman–Crippen LogP) is 7.42. The number of aryl methyl sites for hydroxylation is 2. The third kappa shape index (κ3) is 7.04. The van der Waals surface area contributed by atoms with Crippen molar-refractivity contribution in [1.29, 1.82) is 0 Å². The van der Waals surface area contributed by atoms with Crippen LogP contribution in [-0.4, -0.2) is 21.6 Å². The molecule has 1 N–H and O–H groups in total. The highest BCUT2D eigenvalue weighted by Crippen LogP contribution is 2.36. The maximum atomic E-state index is 13.9. The fourth-order valence-electron chi connectivity index (χ4n) is 4.44. The maximum Gasteiger partial charge on any atom is 0.312 e. The van der Waals surface area contributed by atoms with Crippen molar-refractivity contribution in [1.82, 2.24) is 9.99 Å². The van der Waals surface area contributed by atoms with Gasteiger partial charge in [0.05, 0.1) is 15.6 Å². The highest BCUT2D eigenvalue weighted by atomic mass is 79.9. The molecule has 224 valence electrons. The Morgan fingerprint density at radius 1 is 1.02 bits per heavy atom. The molecular weight excluding hydrogens is 635 g/mol. The molecule has 5 rings (SSSR count). The van der Waals surface area contributed by atoms with Gasteiger partial charge in [0.25, 0.3) is 0 Å². The van der Waals surface area contributed by atoms with Crippen molar-refractivity contribution < 1.29 is 28.0 Å². The minimum Gasteiger partial charge on any atom is -0.486 e. The van der Waals surface area contributed by atoms with Crippen LogP contribution in [0.3, 0.4) is 0 Å². The van der Waals surface area contributed by atoms with Gasteiger partial charge in [-0.2, -0.15) is 5.10 Å². The predicted molar refractivity (Wildman–Crippen MR) is 165 cm³/mol. The van der Waals surface area contributed by atoms with E-state index in [1.807, 2.05) is 38.1 Å². The summed E-state index contributed by atoms with van der Waals surface area (Å²) < 4.78 is 33.3. The molecule has 0 atom stereocenters. The molecule has 2 aromatic heterocycles. The summed E-state index contributed by atoms with van der Waals surface area (Å²) in [5, 5.41) is 15.6. The first-order valence-corrected chi connectivity index (χ1v) is 14.1. The number of nitrogens with zero attached hydrogens (tertiary/aromatic N) is 3.